The van der Waals surface area contributed by atoms with E-state index in [-0.39, 0.29) is 16.9 Å². The maximum atomic E-state index is 9.00. The second-order valence-electron chi connectivity index (χ2n) is 5.29. The van der Waals surface area contributed by atoms with Crippen molar-refractivity contribution < 1.29 is 10.9 Å². The van der Waals surface area contributed by atoms with Gasteiger partial charge in [0.1, 0.15) is 11.8 Å². The van der Waals surface area contributed by atoms with E-state index in [1.54, 1.807) is 0 Å². The predicted molar refractivity (Wildman–Crippen MR) is 50.5 cm³/mol. The Morgan fingerprint density at radius 1 is 1.46 bits per heavy atom. The molecule has 2 fully saturated rings. The summed E-state index contributed by atoms with van der Waals surface area (Å²) >= 11 is 0. The number of quaternary nitrogens is 1. The molecule has 0 spiro atoms. The third-order valence-electron chi connectivity index (χ3n) is 4.81. The Bertz CT molecular complexity index is 272. The van der Waals surface area contributed by atoms with Crippen molar-refractivity contribution in [3.8, 4) is 0 Å². The first-order valence-corrected chi connectivity index (χ1v) is 5.00. The van der Waals surface area contributed by atoms with Crippen LogP contribution in [-0.2, 0) is 0 Å². The molecule has 74 valence electrons. The zero-order valence-electron chi connectivity index (χ0n) is 8.67. The Hall–Kier alpha value is -0.570. The van der Waals surface area contributed by atoms with Crippen molar-refractivity contribution in [2.75, 3.05) is 0 Å². The zero-order valence-corrected chi connectivity index (χ0v) is 8.67. The minimum atomic E-state index is 0.0822. The van der Waals surface area contributed by atoms with E-state index in [9.17, 15) is 0 Å². The van der Waals surface area contributed by atoms with E-state index in [2.05, 4.69) is 31.7 Å². The van der Waals surface area contributed by atoms with Gasteiger partial charge in [-0.25, -0.2) is 0 Å². The maximum absolute atomic E-state index is 9.00. The van der Waals surface area contributed by atoms with Crippen molar-refractivity contribution in [3.05, 3.63) is 0 Å². The number of hydrogen-bond acceptors (Lipinski definition) is 2. The van der Waals surface area contributed by atoms with E-state index < -0.39 is 0 Å². The van der Waals surface area contributed by atoms with Gasteiger partial charge < -0.3 is 10.9 Å². The second kappa shape index (κ2) is 2.27. The summed E-state index contributed by atoms with van der Waals surface area (Å²) in [6.45, 7) is 6.77. The Morgan fingerprint density at radius 2 is 2.08 bits per heavy atom. The maximum Gasteiger partial charge on any atom is 0.131 e. The van der Waals surface area contributed by atoms with Crippen LogP contribution in [0.1, 0.15) is 33.6 Å². The van der Waals surface area contributed by atoms with E-state index in [0.29, 0.717) is 5.92 Å². The van der Waals surface area contributed by atoms with Gasteiger partial charge in [-0.05, 0) is 18.3 Å². The highest BCUT2D eigenvalue weighted by Crippen LogP contribution is 2.63. The molecule has 0 aromatic heterocycles. The monoisotopic (exact) mass is 183 g/mol. The van der Waals surface area contributed by atoms with Crippen LogP contribution >= 0.6 is 0 Å². The first-order valence-electron chi connectivity index (χ1n) is 5.00. The van der Waals surface area contributed by atoms with Gasteiger partial charge in [0.2, 0.25) is 0 Å². The standard InChI is InChI=1S/C10H18N2O/c1-9(2)6-4-5-10(9,3)8(12-13)7(6)11/h6-7,13H,4-5,11H2,1-3H3/p+1/b12-8-/t6-,7+,10+/m0/s1. The van der Waals surface area contributed by atoms with Gasteiger partial charge in [-0.15, -0.1) is 0 Å². The molecule has 3 heteroatoms. The molecule has 0 aromatic rings. The largest absolute Gasteiger partial charge is 0.411 e. The average Bonchev–Trinajstić information content (AvgIpc) is 2.32. The topological polar surface area (TPSA) is 60.2 Å². The van der Waals surface area contributed by atoms with Gasteiger partial charge >= 0.3 is 0 Å². The van der Waals surface area contributed by atoms with Gasteiger partial charge in [0.25, 0.3) is 0 Å². The van der Waals surface area contributed by atoms with Crippen molar-refractivity contribution in [2.45, 2.75) is 39.7 Å². The minimum Gasteiger partial charge on any atom is -0.411 e. The van der Waals surface area contributed by atoms with Crippen molar-refractivity contribution in [1.29, 1.82) is 0 Å². The fourth-order valence-electron chi connectivity index (χ4n) is 3.48. The quantitative estimate of drug-likeness (QED) is 0.425. The summed E-state index contributed by atoms with van der Waals surface area (Å²) < 4.78 is 0. The number of fused-ring (bicyclic) bond motifs is 2. The normalized spacial score (nSPS) is 50.3. The lowest BCUT2D eigenvalue weighted by atomic mass is 9.70. The molecule has 0 amide bonds. The van der Waals surface area contributed by atoms with Gasteiger partial charge in [0, 0.05) is 11.3 Å². The highest BCUT2D eigenvalue weighted by atomic mass is 16.4. The first-order chi connectivity index (χ1) is 5.95. The Morgan fingerprint density at radius 3 is 2.38 bits per heavy atom. The molecule has 0 unspecified atom stereocenters. The van der Waals surface area contributed by atoms with E-state index in [4.69, 9.17) is 5.21 Å². The number of oxime groups is 1. The van der Waals surface area contributed by atoms with Gasteiger partial charge in [0.15, 0.2) is 0 Å². The fraction of sp³-hybridized carbons (Fsp3) is 0.900. The summed E-state index contributed by atoms with van der Waals surface area (Å²) in [4.78, 5) is 0. The lowest BCUT2D eigenvalue weighted by molar-refractivity contribution is -0.409. The van der Waals surface area contributed by atoms with Crippen molar-refractivity contribution >= 4 is 5.71 Å². The summed E-state index contributed by atoms with van der Waals surface area (Å²) in [7, 11) is 0. The lowest BCUT2D eigenvalue weighted by Gasteiger charge is -2.32. The molecule has 0 radical (unpaired) electrons. The van der Waals surface area contributed by atoms with Crippen LogP contribution in [0.5, 0.6) is 0 Å². The third-order valence-corrected chi connectivity index (χ3v) is 4.81. The second-order valence-corrected chi connectivity index (χ2v) is 5.29. The predicted octanol–water partition coefficient (Wildman–Crippen LogP) is 0.883. The Kier molecular flexibility index (Phi) is 1.57. The Labute approximate surface area is 79.0 Å². The number of hydrogen-bond donors (Lipinski definition) is 2. The molecule has 0 heterocycles. The van der Waals surface area contributed by atoms with Crippen molar-refractivity contribution in [1.82, 2.24) is 0 Å². The lowest BCUT2D eigenvalue weighted by Crippen LogP contribution is -2.68. The molecule has 2 bridgehead atoms. The summed E-state index contributed by atoms with van der Waals surface area (Å²) in [6.07, 6.45) is 2.38. The van der Waals surface area contributed by atoms with Gasteiger partial charge in [-0.3, -0.25) is 0 Å². The van der Waals surface area contributed by atoms with Crippen LogP contribution in [-0.4, -0.2) is 17.0 Å². The van der Waals surface area contributed by atoms with E-state index >= 15 is 0 Å². The van der Waals surface area contributed by atoms with E-state index in [1.165, 1.54) is 6.42 Å². The smallest absolute Gasteiger partial charge is 0.131 e. The van der Waals surface area contributed by atoms with Crippen LogP contribution in [0.4, 0.5) is 0 Å². The number of rotatable bonds is 0. The summed E-state index contributed by atoms with van der Waals surface area (Å²) in [5, 5.41) is 12.5. The average molecular weight is 183 g/mol. The molecular formula is C10H19N2O+. The third kappa shape index (κ3) is 0.766. The molecule has 13 heavy (non-hydrogen) atoms. The number of nitrogens with zero attached hydrogens (tertiary/aromatic N) is 1. The molecule has 2 rings (SSSR count). The molecular weight excluding hydrogens is 164 g/mol. The molecule has 0 aromatic carbocycles. The molecule has 3 atom stereocenters. The molecule has 3 nitrogen and oxygen atoms in total. The molecule has 2 saturated carbocycles. The van der Waals surface area contributed by atoms with Crippen LogP contribution in [0.2, 0.25) is 0 Å². The van der Waals surface area contributed by atoms with E-state index in [0.717, 1.165) is 12.1 Å². The van der Waals surface area contributed by atoms with Gasteiger partial charge in [-0.1, -0.05) is 25.9 Å². The molecule has 0 aliphatic heterocycles. The Balaban J connectivity index is 2.52. The highest BCUT2D eigenvalue weighted by Gasteiger charge is 2.66. The molecule has 2 aliphatic carbocycles. The SMILES string of the molecule is CC1(C)[C@H]2CC[C@]1(C)/C(=N\O)[C@@H]2[NH3+]. The van der Waals surface area contributed by atoms with Crippen LogP contribution < -0.4 is 5.73 Å². The highest BCUT2D eigenvalue weighted by molar-refractivity contribution is 5.97. The molecule has 0 saturated heterocycles. The van der Waals surface area contributed by atoms with Gasteiger partial charge in [-0.2, -0.15) is 0 Å². The first kappa shape index (κ1) is 9.00. The fourth-order valence-corrected chi connectivity index (χ4v) is 3.48. The van der Waals surface area contributed by atoms with Crippen molar-refractivity contribution in [2.24, 2.45) is 21.9 Å². The van der Waals surface area contributed by atoms with Gasteiger partial charge in [0.05, 0.1) is 0 Å². The molecule has 2 aliphatic rings. The zero-order chi connectivity index (χ0) is 9.85. The van der Waals surface area contributed by atoms with Crippen LogP contribution in [0, 0.1) is 16.7 Å². The van der Waals surface area contributed by atoms with E-state index in [1.807, 2.05) is 0 Å². The van der Waals surface area contributed by atoms with Crippen LogP contribution in [0.15, 0.2) is 5.16 Å². The van der Waals surface area contributed by atoms with Crippen molar-refractivity contribution in [3.63, 3.8) is 0 Å². The van der Waals surface area contributed by atoms with Crippen LogP contribution in [0.25, 0.3) is 0 Å². The van der Waals surface area contributed by atoms with Crippen LogP contribution in [0.3, 0.4) is 0 Å². The summed E-state index contributed by atoms with van der Waals surface area (Å²) in [5.41, 5.74) is 5.38. The summed E-state index contributed by atoms with van der Waals surface area (Å²) in [6, 6.07) is 0.221. The molecule has 4 N–H and O–H groups in total. The minimum absolute atomic E-state index is 0.0822. The summed E-state index contributed by atoms with van der Waals surface area (Å²) in [5.74, 6) is 0.600.